The first-order chi connectivity index (χ1) is 8.29. The number of rotatable bonds is 4. The van der Waals surface area contributed by atoms with Crippen LogP contribution in [0.1, 0.15) is 37.3 Å². The second-order valence-electron chi connectivity index (χ2n) is 4.67. The van der Waals surface area contributed by atoms with Crippen LogP contribution in [0.4, 0.5) is 0 Å². The maximum Gasteiger partial charge on any atom is 0.165 e. The number of hydrogen-bond acceptors (Lipinski definition) is 2. The molecule has 0 radical (unpaired) electrons. The van der Waals surface area contributed by atoms with Gasteiger partial charge in [0.15, 0.2) is 5.78 Å². The van der Waals surface area contributed by atoms with Gasteiger partial charge in [0.05, 0.1) is 0 Å². The Morgan fingerprint density at radius 2 is 1.94 bits per heavy atom. The lowest BCUT2D eigenvalue weighted by atomic mass is 9.99. The Morgan fingerprint density at radius 3 is 2.53 bits per heavy atom. The first kappa shape index (κ1) is 12.3. The fourth-order valence-corrected chi connectivity index (χ4v) is 2.20. The minimum atomic E-state index is -0.158. The summed E-state index contributed by atoms with van der Waals surface area (Å²) >= 11 is 0. The summed E-state index contributed by atoms with van der Waals surface area (Å²) in [5.41, 5.74) is 2.41. The van der Waals surface area contributed by atoms with Crippen molar-refractivity contribution in [3.63, 3.8) is 0 Å². The maximum atomic E-state index is 12.0. The van der Waals surface area contributed by atoms with E-state index in [1.165, 1.54) is 5.56 Å². The third-order valence-corrected chi connectivity index (χ3v) is 3.35. The molecule has 92 valence electrons. The van der Waals surface area contributed by atoms with Crippen LogP contribution in [-0.2, 0) is 22.4 Å². The molecule has 1 aliphatic rings. The molecule has 1 aromatic carbocycles. The van der Waals surface area contributed by atoms with Crippen molar-refractivity contribution in [1.29, 1.82) is 0 Å². The van der Waals surface area contributed by atoms with Gasteiger partial charge in [-0.2, -0.15) is 0 Å². The largest absolute Gasteiger partial charge is 0.370 e. The van der Waals surface area contributed by atoms with Crippen LogP contribution in [0.15, 0.2) is 24.3 Å². The average molecular weight is 232 g/mol. The van der Waals surface area contributed by atoms with Crippen LogP contribution in [0.5, 0.6) is 0 Å². The van der Waals surface area contributed by atoms with Gasteiger partial charge in [-0.3, -0.25) is 4.79 Å². The zero-order valence-electron chi connectivity index (χ0n) is 10.4. The summed E-state index contributed by atoms with van der Waals surface area (Å²) in [4.78, 5) is 12.0. The third kappa shape index (κ3) is 3.40. The molecule has 2 heteroatoms. The SMILES string of the molecule is CCc1ccc(CC(=O)C2CCCCO2)cc1. The van der Waals surface area contributed by atoms with Gasteiger partial charge in [-0.05, 0) is 36.8 Å². The molecule has 0 saturated carbocycles. The Hall–Kier alpha value is -1.15. The summed E-state index contributed by atoms with van der Waals surface area (Å²) in [6.07, 6.45) is 4.50. The Kier molecular flexibility index (Phi) is 4.32. The van der Waals surface area contributed by atoms with E-state index in [2.05, 4.69) is 31.2 Å². The topological polar surface area (TPSA) is 26.3 Å². The van der Waals surface area contributed by atoms with Crippen LogP contribution in [-0.4, -0.2) is 18.5 Å². The van der Waals surface area contributed by atoms with Crippen molar-refractivity contribution in [2.24, 2.45) is 0 Å². The fraction of sp³-hybridized carbons (Fsp3) is 0.533. The zero-order valence-corrected chi connectivity index (χ0v) is 10.4. The molecular weight excluding hydrogens is 212 g/mol. The number of ketones is 1. The molecule has 0 amide bonds. The van der Waals surface area contributed by atoms with Crippen molar-refractivity contribution in [3.8, 4) is 0 Å². The van der Waals surface area contributed by atoms with Crippen LogP contribution in [0.25, 0.3) is 0 Å². The molecule has 2 rings (SSSR count). The van der Waals surface area contributed by atoms with Gasteiger partial charge < -0.3 is 4.74 Å². The van der Waals surface area contributed by atoms with Crippen molar-refractivity contribution in [3.05, 3.63) is 35.4 Å². The van der Waals surface area contributed by atoms with Crippen molar-refractivity contribution in [2.45, 2.75) is 45.1 Å². The summed E-state index contributed by atoms with van der Waals surface area (Å²) in [6, 6.07) is 8.31. The summed E-state index contributed by atoms with van der Waals surface area (Å²) in [5, 5.41) is 0. The normalized spacial score (nSPS) is 20.2. The molecule has 0 bridgehead atoms. The van der Waals surface area contributed by atoms with E-state index in [0.29, 0.717) is 6.42 Å². The number of carbonyl (C=O) groups is 1. The molecule has 1 aromatic rings. The predicted molar refractivity (Wildman–Crippen MR) is 68.1 cm³/mol. The van der Waals surface area contributed by atoms with Crippen molar-refractivity contribution in [2.75, 3.05) is 6.61 Å². The highest BCUT2D eigenvalue weighted by Crippen LogP contribution is 2.16. The van der Waals surface area contributed by atoms with E-state index in [0.717, 1.165) is 37.9 Å². The van der Waals surface area contributed by atoms with Crippen molar-refractivity contribution in [1.82, 2.24) is 0 Å². The van der Waals surface area contributed by atoms with Crippen molar-refractivity contribution < 1.29 is 9.53 Å². The molecule has 0 aliphatic carbocycles. The number of hydrogen-bond donors (Lipinski definition) is 0. The summed E-state index contributed by atoms with van der Waals surface area (Å²) in [6.45, 7) is 2.88. The minimum absolute atomic E-state index is 0.158. The van der Waals surface area contributed by atoms with E-state index in [1.807, 2.05) is 0 Å². The monoisotopic (exact) mass is 232 g/mol. The molecule has 1 aliphatic heterocycles. The summed E-state index contributed by atoms with van der Waals surface area (Å²) < 4.78 is 5.51. The van der Waals surface area contributed by atoms with Gasteiger partial charge >= 0.3 is 0 Å². The fourth-order valence-electron chi connectivity index (χ4n) is 2.20. The van der Waals surface area contributed by atoms with Crippen LogP contribution < -0.4 is 0 Å². The predicted octanol–water partition coefficient (Wildman–Crippen LogP) is 2.93. The van der Waals surface area contributed by atoms with E-state index in [-0.39, 0.29) is 11.9 Å². The highest BCUT2D eigenvalue weighted by Gasteiger charge is 2.21. The van der Waals surface area contributed by atoms with E-state index in [9.17, 15) is 4.79 Å². The second-order valence-corrected chi connectivity index (χ2v) is 4.67. The van der Waals surface area contributed by atoms with Crippen LogP contribution >= 0.6 is 0 Å². The number of carbonyl (C=O) groups excluding carboxylic acids is 1. The summed E-state index contributed by atoms with van der Waals surface area (Å²) in [5.74, 6) is 0.231. The molecule has 17 heavy (non-hydrogen) atoms. The lowest BCUT2D eigenvalue weighted by molar-refractivity contribution is -0.132. The van der Waals surface area contributed by atoms with Gasteiger partial charge in [0, 0.05) is 13.0 Å². The summed E-state index contributed by atoms with van der Waals surface area (Å²) in [7, 11) is 0. The van der Waals surface area contributed by atoms with Gasteiger partial charge in [0.25, 0.3) is 0 Å². The first-order valence-electron chi connectivity index (χ1n) is 6.51. The molecule has 2 nitrogen and oxygen atoms in total. The first-order valence-corrected chi connectivity index (χ1v) is 6.51. The Labute approximate surface area is 103 Å². The maximum absolute atomic E-state index is 12.0. The molecule has 1 saturated heterocycles. The molecule has 1 atom stereocenters. The van der Waals surface area contributed by atoms with Gasteiger partial charge in [-0.1, -0.05) is 31.2 Å². The molecule has 0 aromatic heterocycles. The van der Waals surface area contributed by atoms with E-state index in [4.69, 9.17) is 4.74 Å². The lowest BCUT2D eigenvalue weighted by Crippen LogP contribution is -2.29. The lowest BCUT2D eigenvalue weighted by Gasteiger charge is -2.21. The minimum Gasteiger partial charge on any atom is -0.370 e. The second kappa shape index (κ2) is 5.97. The Morgan fingerprint density at radius 1 is 1.24 bits per heavy atom. The van der Waals surface area contributed by atoms with E-state index < -0.39 is 0 Å². The van der Waals surface area contributed by atoms with E-state index in [1.54, 1.807) is 0 Å². The molecule has 0 N–H and O–H groups in total. The average Bonchev–Trinajstić information content (AvgIpc) is 2.40. The standard InChI is InChI=1S/C15H20O2/c1-2-12-6-8-13(9-7-12)11-14(16)15-5-3-4-10-17-15/h6-9,15H,2-5,10-11H2,1H3. The van der Waals surface area contributed by atoms with Crippen LogP contribution in [0, 0.1) is 0 Å². The van der Waals surface area contributed by atoms with Gasteiger partial charge in [-0.15, -0.1) is 0 Å². The van der Waals surface area contributed by atoms with Gasteiger partial charge in [0.2, 0.25) is 0 Å². The van der Waals surface area contributed by atoms with Crippen LogP contribution in [0.2, 0.25) is 0 Å². The molecule has 1 heterocycles. The molecular formula is C15H20O2. The number of Topliss-reactive ketones (excluding diaryl/α,β-unsaturated/α-hetero) is 1. The highest BCUT2D eigenvalue weighted by molar-refractivity contribution is 5.85. The zero-order chi connectivity index (χ0) is 12.1. The molecule has 0 spiro atoms. The molecule has 1 unspecified atom stereocenters. The number of ether oxygens (including phenoxy) is 1. The number of benzene rings is 1. The Balaban J connectivity index is 1.92. The smallest absolute Gasteiger partial charge is 0.165 e. The number of aryl methyl sites for hydroxylation is 1. The highest BCUT2D eigenvalue weighted by atomic mass is 16.5. The van der Waals surface area contributed by atoms with Gasteiger partial charge in [0.1, 0.15) is 6.10 Å². The Bertz CT molecular complexity index is 361. The third-order valence-electron chi connectivity index (χ3n) is 3.35. The quantitative estimate of drug-likeness (QED) is 0.798. The van der Waals surface area contributed by atoms with E-state index >= 15 is 0 Å². The van der Waals surface area contributed by atoms with Gasteiger partial charge in [-0.25, -0.2) is 0 Å². The van der Waals surface area contributed by atoms with Crippen LogP contribution in [0.3, 0.4) is 0 Å². The molecule has 1 fully saturated rings. The van der Waals surface area contributed by atoms with Crippen molar-refractivity contribution >= 4 is 5.78 Å².